The highest BCUT2D eigenvalue weighted by atomic mass is 16.7. The van der Waals surface area contributed by atoms with E-state index in [1.807, 2.05) is 0 Å². The van der Waals surface area contributed by atoms with E-state index in [2.05, 4.69) is 6.92 Å². The molecule has 9 nitrogen and oxygen atoms in total. The smallest absolute Gasteiger partial charge is 0.331 e. The first-order valence-corrected chi connectivity index (χ1v) is 14.8. The molecule has 6 aliphatic rings. The van der Waals surface area contributed by atoms with Crippen molar-refractivity contribution in [1.82, 2.24) is 0 Å². The number of aliphatic hydroxyl groups is 3. The van der Waals surface area contributed by atoms with Gasteiger partial charge in [-0.2, -0.15) is 0 Å². The highest BCUT2D eigenvalue weighted by molar-refractivity contribution is 5.85. The Balaban J connectivity index is 1.21. The van der Waals surface area contributed by atoms with Crippen LogP contribution in [0.15, 0.2) is 11.6 Å². The van der Waals surface area contributed by atoms with Crippen molar-refractivity contribution in [3.8, 4) is 0 Å². The molecule has 0 aromatic rings. The molecule has 5 fully saturated rings. The molecule has 0 unspecified atom stereocenters. The predicted molar refractivity (Wildman–Crippen MR) is 138 cm³/mol. The number of methoxy groups -OCH3 is 1. The van der Waals surface area contributed by atoms with Crippen molar-refractivity contribution >= 4 is 12.3 Å². The lowest BCUT2D eigenvalue weighted by molar-refractivity contribution is -0.287. The molecule has 2 aliphatic heterocycles. The highest BCUT2D eigenvalue weighted by Crippen LogP contribution is 2.70. The average molecular weight is 549 g/mol. The van der Waals surface area contributed by atoms with Gasteiger partial charge in [0.1, 0.15) is 19.0 Å². The number of hydrogen-bond acceptors (Lipinski definition) is 9. The number of esters is 1. The quantitative estimate of drug-likeness (QED) is 0.269. The minimum Gasteiger partial charge on any atom is -0.458 e. The summed E-state index contributed by atoms with van der Waals surface area (Å²) in [5.41, 5.74) is -2.52. The van der Waals surface area contributed by atoms with Crippen LogP contribution in [0.1, 0.15) is 78.1 Å². The van der Waals surface area contributed by atoms with Crippen LogP contribution in [0.2, 0.25) is 0 Å². The molecule has 12 atom stereocenters. The van der Waals surface area contributed by atoms with E-state index in [9.17, 15) is 24.9 Å². The van der Waals surface area contributed by atoms with Crippen molar-refractivity contribution in [3.63, 3.8) is 0 Å². The van der Waals surface area contributed by atoms with Gasteiger partial charge in [0.25, 0.3) is 0 Å². The van der Waals surface area contributed by atoms with E-state index in [1.54, 1.807) is 20.1 Å². The fourth-order valence-electron chi connectivity index (χ4n) is 9.98. The van der Waals surface area contributed by atoms with Crippen LogP contribution in [0.25, 0.3) is 0 Å². The Hall–Kier alpha value is -1.36. The van der Waals surface area contributed by atoms with Crippen LogP contribution in [-0.4, -0.2) is 83.2 Å². The number of rotatable bonds is 5. The second-order valence-corrected chi connectivity index (χ2v) is 13.5. The summed E-state index contributed by atoms with van der Waals surface area (Å²) in [6.45, 7) is 4.25. The molecule has 2 heterocycles. The second-order valence-electron chi connectivity index (χ2n) is 13.5. The Kier molecular flexibility index (Phi) is 6.84. The largest absolute Gasteiger partial charge is 0.458 e. The van der Waals surface area contributed by atoms with Gasteiger partial charge in [-0.3, -0.25) is 0 Å². The number of carbonyl (C=O) groups excluding carboxylic acids is 2. The van der Waals surface area contributed by atoms with Crippen molar-refractivity contribution < 1.29 is 43.9 Å². The third kappa shape index (κ3) is 3.94. The predicted octanol–water partition coefficient (Wildman–Crippen LogP) is 2.43. The minimum atomic E-state index is -1.21. The van der Waals surface area contributed by atoms with Crippen molar-refractivity contribution in [2.45, 2.75) is 120 Å². The fraction of sp³-hybridized carbons (Fsp3) is 0.867. The standard InChI is InChI=1S/C30H44O9/c1-17-26(33)23(36-3)13-25(38-17)39-19-4-9-28(16-31)21-5-8-27(2)20(18-12-24(32)37-15-18)7-11-30(27,35)22(21)6-10-29(28,34)14-19/h12,16-17,19-23,25-26,33-35H,4-11,13-15H2,1-3H3/t17-,19-,20+,21-,22+,23+,25-,26+,27+,28-,29-,30-/m0/s1. The lowest BCUT2D eigenvalue weighted by Gasteiger charge is -2.65. The lowest BCUT2D eigenvalue weighted by atomic mass is 9.41. The maximum Gasteiger partial charge on any atom is 0.331 e. The molecule has 0 radical (unpaired) electrons. The summed E-state index contributed by atoms with van der Waals surface area (Å²) in [7, 11) is 1.57. The molecule has 39 heavy (non-hydrogen) atoms. The molecule has 0 amide bonds. The molecular formula is C30H44O9. The van der Waals surface area contributed by atoms with E-state index in [0.29, 0.717) is 51.6 Å². The summed E-state index contributed by atoms with van der Waals surface area (Å²) < 4.78 is 22.9. The Morgan fingerprint density at radius 3 is 2.54 bits per heavy atom. The van der Waals surface area contributed by atoms with Gasteiger partial charge >= 0.3 is 5.97 Å². The molecule has 0 bridgehead atoms. The summed E-state index contributed by atoms with van der Waals surface area (Å²) in [6.07, 6.45) is 6.10. The molecule has 4 saturated carbocycles. The monoisotopic (exact) mass is 548 g/mol. The molecule has 6 rings (SSSR count). The van der Waals surface area contributed by atoms with Gasteiger partial charge < -0.3 is 39.1 Å². The maximum absolute atomic E-state index is 13.0. The highest BCUT2D eigenvalue weighted by Gasteiger charge is 2.71. The van der Waals surface area contributed by atoms with Crippen LogP contribution in [-0.2, 0) is 28.5 Å². The molecule has 0 aromatic heterocycles. The zero-order chi connectivity index (χ0) is 27.8. The number of hydrogen-bond donors (Lipinski definition) is 3. The maximum atomic E-state index is 13.0. The zero-order valence-electron chi connectivity index (χ0n) is 23.3. The summed E-state index contributed by atoms with van der Waals surface area (Å²) in [6, 6.07) is 0. The van der Waals surface area contributed by atoms with Crippen molar-refractivity contribution in [2.75, 3.05) is 13.7 Å². The van der Waals surface area contributed by atoms with Gasteiger partial charge in [-0.15, -0.1) is 0 Å². The number of cyclic esters (lactones) is 1. The van der Waals surface area contributed by atoms with Crippen LogP contribution in [0.5, 0.6) is 0 Å². The molecule has 1 saturated heterocycles. The average Bonchev–Trinajstić information content (AvgIpc) is 3.45. The number of aliphatic hydroxyl groups excluding tert-OH is 1. The van der Waals surface area contributed by atoms with Crippen molar-refractivity contribution in [3.05, 3.63) is 11.6 Å². The van der Waals surface area contributed by atoms with Gasteiger partial charge in [0, 0.05) is 31.4 Å². The first kappa shape index (κ1) is 27.8. The molecule has 218 valence electrons. The number of ether oxygens (including phenoxy) is 4. The topological polar surface area (TPSA) is 132 Å². The minimum absolute atomic E-state index is 0.0827. The van der Waals surface area contributed by atoms with Gasteiger partial charge in [0.15, 0.2) is 6.29 Å². The molecule has 9 heteroatoms. The Labute approximate surface area is 230 Å². The molecular weight excluding hydrogens is 504 g/mol. The molecule has 0 aromatic carbocycles. The second kappa shape index (κ2) is 9.60. The Bertz CT molecular complexity index is 1030. The van der Waals surface area contributed by atoms with Crippen LogP contribution < -0.4 is 0 Å². The summed E-state index contributed by atoms with van der Waals surface area (Å²) in [4.78, 5) is 24.8. The summed E-state index contributed by atoms with van der Waals surface area (Å²) >= 11 is 0. The van der Waals surface area contributed by atoms with Gasteiger partial charge in [-0.25, -0.2) is 4.79 Å². The molecule has 0 spiro atoms. The SMILES string of the molecule is CO[C@@H]1C[C@H](O[C@H]2CC[C@]3(C=O)[C@H]4CC[C@]5(C)[C@@H](C6=CC(=O)OC6)CC[C@]5(O)[C@@H]4CC[C@]3(O)C2)O[C@@H](C)[C@H]1O. The van der Waals surface area contributed by atoms with Gasteiger partial charge in [-0.1, -0.05) is 6.92 Å². The van der Waals surface area contributed by atoms with Crippen LogP contribution in [0.3, 0.4) is 0 Å². The Morgan fingerprint density at radius 2 is 1.85 bits per heavy atom. The van der Waals surface area contributed by atoms with Crippen molar-refractivity contribution in [1.29, 1.82) is 0 Å². The van der Waals surface area contributed by atoms with E-state index in [1.165, 1.54) is 0 Å². The van der Waals surface area contributed by atoms with E-state index < -0.39 is 40.5 Å². The number of carbonyl (C=O) groups is 2. The Morgan fingerprint density at radius 1 is 1.08 bits per heavy atom. The first-order chi connectivity index (χ1) is 18.5. The van der Waals surface area contributed by atoms with Gasteiger partial charge in [-0.05, 0) is 81.6 Å². The van der Waals surface area contributed by atoms with E-state index >= 15 is 0 Å². The third-order valence-corrected chi connectivity index (χ3v) is 12.1. The van der Waals surface area contributed by atoms with E-state index in [4.69, 9.17) is 18.9 Å². The van der Waals surface area contributed by atoms with Crippen molar-refractivity contribution in [2.24, 2.45) is 28.6 Å². The van der Waals surface area contributed by atoms with Gasteiger partial charge in [0.05, 0.1) is 34.9 Å². The first-order valence-electron chi connectivity index (χ1n) is 14.8. The molecule has 3 N–H and O–H groups in total. The van der Waals surface area contributed by atoms with Crippen LogP contribution in [0, 0.1) is 28.6 Å². The summed E-state index contributed by atoms with van der Waals surface area (Å²) in [5.74, 6) is -0.420. The fourth-order valence-corrected chi connectivity index (χ4v) is 9.98. The zero-order valence-corrected chi connectivity index (χ0v) is 23.3. The van der Waals surface area contributed by atoms with Gasteiger partial charge in [0.2, 0.25) is 0 Å². The number of fused-ring (bicyclic) bond motifs is 5. The summed E-state index contributed by atoms with van der Waals surface area (Å²) in [5, 5.41) is 34.8. The van der Waals surface area contributed by atoms with Crippen LogP contribution >= 0.6 is 0 Å². The van der Waals surface area contributed by atoms with Crippen LogP contribution in [0.4, 0.5) is 0 Å². The molecule has 4 aliphatic carbocycles. The van der Waals surface area contributed by atoms with E-state index in [0.717, 1.165) is 31.1 Å². The number of aldehydes is 1. The lowest BCUT2D eigenvalue weighted by Crippen LogP contribution is -2.69. The third-order valence-electron chi connectivity index (χ3n) is 12.1. The van der Waals surface area contributed by atoms with E-state index in [-0.39, 0.29) is 35.9 Å². The normalized spacial score (nSPS) is 53.3.